The summed E-state index contributed by atoms with van der Waals surface area (Å²) in [7, 11) is -3.73. The molecule has 134 valence electrons. The number of hydrogen-bond donors (Lipinski definition) is 1. The number of aromatic nitrogens is 3. The zero-order chi connectivity index (χ0) is 18.3. The standard InChI is InChI=1S/C17H14Br2N4O2S/c18-12-6-7-14(19)15(10-12)26(24,25)22-13-4-1-3-11(9-13)17-21-20-16-5-2-8-23(16)17/h1,3-4,6-7,9-10,22H,2,5,8H2. The first-order valence-electron chi connectivity index (χ1n) is 7.94. The second kappa shape index (κ2) is 6.79. The molecule has 26 heavy (non-hydrogen) atoms. The van der Waals surface area contributed by atoms with Crippen LogP contribution in [0.5, 0.6) is 0 Å². The number of anilines is 1. The summed E-state index contributed by atoms with van der Waals surface area (Å²) in [4.78, 5) is 0.167. The lowest BCUT2D eigenvalue weighted by Crippen LogP contribution is -2.13. The summed E-state index contributed by atoms with van der Waals surface area (Å²) < 4.78 is 31.4. The van der Waals surface area contributed by atoms with Gasteiger partial charge in [-0.15, -0.1) is 10.2 Å². The zero-order valence-corrected chi connectivity index (χ0v) is 17.5. The maximum Gasteiger partial charge on any atom is 0.263 e. The molecule has 6 nitrogen and oxygen atoms in total. The summed E-state index contributed by atoms with van der Waals surface area (Å²) in [5.74, 6) is 1.74. The normalized spacial score (nSPS) is 13.6. The number of benzene rings is 2. The van der Waals surface area contributed by atoms with E-state index in [1.807, 2.05) is 6.07 Å². The Balaban J connectivity index is 1.68. The Morgan fingerprint density at radius 1 is 1.08 bits per heavy atom. The van der Waals surface area contributed by atoms with Crippen LogP contribution >= 0.6 is 31.9 Å². The van der Waals surface area contributed by atoms with Gasteiger partial charge in [0.05, 0.1) is 0 Å². The summed E-state index contributed by atoms with van der Waals surface area (Å²) in [6.45, 7) is 0.888. The molecule has 0 aliphatic carbocycles. The predicted octanol–water partition coefficient (Wildman–Crippen LogP) is 4.22. The number of halogens is 2. The summed E-state index contributed by atoms with van der Waals surface area (Å²) in [6, 6.07) is 12.2. The van der Waals surface area contributed by atoms with Crippen molar-refractivity contribution in [3.8, 4) is 11.4 Å². The monoisotopic (exact) mass is 496 g/mol. The minimum absolute atomic E-state index is 0.167. The van der Waals surface area contributed by atoms with Gasteiger partial charge in [-0.3, -0.25) is 4.72 Å². The van der Waals surface area contributed by atoms with E-state index in [0.29, 0.717) is 14.6 Å². The SMILES string of the molecule is O=S(=O)(Nc1cccc(-c2nnc3n2CCC3)c1)c1cc(Br)ccc1Br. The fraction of sp³-hybridized carbons (Fsp3) is 0.176. The molecule has 0 unspecified atom stereocenters. The van der Waals surface area contributed by atoms with Crippen LogP contribution in [0.15, 0.2) is 56.3 Å². The molecular weight excluding hydrogens is 484 g/mol. The minimum Gasteiger partial charge on any atom is -0.311 e. The van der Waals surface area contributed by atoms with E-state index < -0.39 is 10.0 Å². The predicted molar refractivity (Wildman–Crippen MR) is 106 cm³/mol. The van der Waals surface area contributed by atoms with E-state index in [-0.39, 0.29) is 4.90 Å². The van der Waals surface area contributed by atoms with Crippen molar-refractivity contribution in [3.05, 3.63) is 57.2 Å². The van der Waals surface area contributed by atoms with Gasteiger partial charge in [0.25, 0.3) is 10.0 Å². The van der Waals surface area contributed by atoms with Crippen LogP contribution in [0.3, 0.4) is 0 Å². The molecule has 2 aromatic carbocycles. The molecule has 0 fully saturated rings. The summed E-state index contributed by atoms with van der Waals surface area (Å²) in [5.41, 5.74) is 1.31. The van der Waals surface area contributed by atoms with E-state index in [9.17, 15) is 8.42 Å². The fourth-order valence-electron chi connectivity index (χ4n) is 2.98. The Hall–Kier alpha value is -1.71. The molecule has 1 N–H and O–H groups in total. The maximum atomic E-state index is 12.8. The smallest absolute Gasteiger partial charge is 0.263 e. The van der Waals surface area contributed by atoms with Crippen LogP contribution in [0, 0.1) is 0 Å². The summed E-state index contributed by atoms with van der Waals surface area (Å²) in [5, 5.41) is 8.46. The third-order valence-corrected chi connectivity index (χ3v) is 7.03. The lowest BCUT2D eigenvalue weighted by molar-refractivity contribution is 0.600. The Kier molecular flexibility index (Phi) is 4.62. The van der Waals surface area contributed by atoms with Gasteiger partial charge in [0.1, 0.15) is 10.7 Å². The van der Waals surface area contributed by atoms with Gasteiger partial charge in [-0.25, -0.2) is 8.42 Å². The molecule has 3 aromatic rings. The van der Waals surface area contributed by atoms with E-state index in [2.05, 4.69) is 51.3 Å². The quantitative estimate of drug-likeness (QED) is 0.585. The summed E-state index contributed by atoms with van der Waals surface area (Å²) in [6.07, 6.45) is 1.98. The van der Waals surface area contributed by atoms with Gasteiger partial charge in [-0.1, -0.05) is 28.1 Å². The fourth-order valence-corrected chi connectivity index (χ4v) is 5.53. The van der Waals surface area contributed by atoms with Gasteiger partial charge in [0.2, 0.25) is 0 Å². The Bertz CT molecular complexity index is 1100. The topological polar surface area (TPSA) is 76.9 Å². The van der Waals surface area contributed by atoms with Crippen molar-refractivity contribution >= 4 is 47.6 Å². The van der Waals surface area contributed by atoms with Crippen LogP contribution in [0.1, 0.15) is 12.2 Å². The van der Waals surface area contributed by atoms with Gasteiger partial charge >= 0.3 is 0 Å². The van der Waals surface area contributed by atoms with Crippen molar-refractivity contribution in [2.45, 2.75) is 24.3 Å². The second-order valence-electron chi connectivity index (χ2n) is 5.96. The van der Waals surface area contributed by atoms with Crippen molar-refractivity contribution in [1.29, 1.82) is 0 Å². The first-order chi connectivity index (χ1) is 12.4. The molecule has 0 radical (unpaired) electrons. The number of aryl methyl sites for hydroxylation is 1. The first kappa shape index (κ1) is 17.7. The molecule has 2 heterocycles. The van der Waals surface area contributed by atoms with Gasteiger partial charge in [0.15, 0.2) is 5.82 Å². The van der Waals surface area contributed by atoms with E-state index in [1.165, 1.54) is 0 Å². The van der Waals surface area contributed by atoms with E-state index in [0.717, 1.165) is 36.6 Å². The number of nitrogens with zero attached hydrogens (tertiary/aromatic N) is 3. The number of nitrogens with one attached hydrogen (secondary N) is 1. The van der Waals surface area contributed by atoms with Crippen molar-refractivity contribution in [3.63, 3.8) is 0 Å². The molecule has 0 bridgehead atoms. The van der Waals surface area contributed by atoms with Gasteiger partial charge in [0, 0.05) is 33.2 Å². The molecule has 0 atom stereocenters. The van der Waals surface area contributed by atoms with E-state index in [4.69, 9.17) is 0 Å². The van der Waals surface area contributed by atoms with E-state index in [1.54, 1.807) is 36.4 Å². The van der Waals surface area contributed by atoms with Crippen molar-refractivity contribution in [2.75, 3.05) is 4.72 Å². The molecule has 0 saturated carbocycles. The average Bonchev–Trinajstić information content (AvgIpc) is 3.20. The summed E-state index contributed by atoms with van der Waals surface area (Å²) >= 11 is 6.61. The Morgan fingerprint density at radius 3 is 2.77 bits per heavy atom. The third kappa shape index (κ3) is 3.30. The van der Waals surface area contributed by atoms with Crippen LogP contribution in [0.25, 0.3) is 11.4 Å². The Labute approximate surface area is 168 Å². The average molecular weight is 498 g/mol. The molecule has 1 aliphatic rings. The molecule has 0 spiro atoms. The molecule has 1 aliphatic heterocycles. The largest absolute Gasteiger partial charge is 0.311 e. The number of rotatable bonds is 4. The molecular formula is C17H14Br2N4O2S. The number of hydrogen-bond acceptors (Lipinski definition) is 4. The first-order valence-corrected chi connectivity index (χ1v) is 11.0. The van der Waals surface area contributed by atoms with Gasteiger partial charge in [-0.05, 0) is 52.7 Å². The highest BCUT2D eigenvalue weighted by Crippen LogP contribution is 2.29. The van der Waals surface area contributed by atoms with Crippen molar-refractivity contribution < 1.29 is 8.42 Å². The van der Waals surface area contributed by atoms with Crippen LogP contribution in [-0.2, 0) is 23.0 Å². The van der Waals surface area contributed by atoms with Gasteiger partial charge < -0.3 is 4.57 Å². The van der Waals surface area contributed by atoms with Crippen LogP contribution < -0.4 is 4.72 Å². The Morgan fingerprint density at radius 2 is 1.92 bits per heavy atom. The number of sulfonamides is 1. The highest BCUT2D eigenvalue weighted by atomic mass is 79.9. The zero-order valence-electron chi connectivity index (χ0n) is 13.5. The van der Waals surface area contributed by atoms with Crippen LogP contribution in [-0.4, -0.2) is 23.2 Å². The van der Waals surface area contributed by atoms with E-state index >= 15 is 0 Å². The van der Waals surface area contributed by atoms with Crippen molar-refractivity contribution in [1.82, 2.24) is 14.8 Å². The van der Waals surface area contributed by atoms with Gasteiger partial charge in [-0.2, -0.15) is 0 Å². The maximum absolute atomic E-state index is 12.8. The number of fused-ring (bicyclic) bond motifs is 1. The lowest BCUT2D eigenvalue weighted by Gasteiger charge is -2.11. The highest BCUT2D eigenvalue weighted by Gasteiger charge is 2.21. The second-order valence-corrected chi connectivity index (χ2v) is 9.38. The lowest BCUT2D eigenvalue weighted by atomic mass is 10.2. The molecule has 0 amide bonds. The minimum atomic E-state index is -3.73. The van der Waals surface area contributed by atoms with Crippen molar-refractivity contribution in [2.24, 2.45) is 0 Å². The molecule has 0 saturated heterocycles. The molecule has 1 aromatic heterocycles. The third-order valence-electron chi connectivity index (χ3n) is 4.17. The molecule has 4 rings (SSSR count). The van der Waals surface area contributed by atoms with Crippen LogP contribution in [0.2, 0.25) is 0 Å². The highest BCUT2D eigenvalue weighted by molar-refractivity contribution is 9.11. The molecule has 9 heteroatoms. The van der Waals surface area contributed by atoms with Crippen LogP contribution in [0.4, 0.5) is 5.69 Å².